The van der Waals surface area contributed by atoms with E-state index in [1.54, 1.807) is 16.8 Å². The van der Waals surface area contributed by atoms with Crippen molar-refractivity contribution in [2.24, 2.45) is 0 Å². The van der Waals surface area contributed by atoms with E-state index in [1.807, 2.05) is 32.0 Å². The fraction of sp³-hybridized carbons (Fsp3) is 0.474. The summed E-state index contributed by atoms with van der Waals surface area (Å²) in [5.74, 6) is 0.281. The molecule has 1 aromatic carbocycles. The molecule has 0 radical (unpaired) electrons. The highest BCUT2D eigenvalue weighted by Gasteiger charge is 2.46. The van der Waals surface area contributed by atoms with Crippen molar-refractivity contribution in [3.05, 3.63) is 35.1 Å². The second-order valence-electron chi connectivity index (χ2n) is 7.25. The van der Waals surface area contributed by atoms with Gasteiger partial charge in [0, 0.05) is 24.5 Å². The summed E-state index contributed by atoms with van der Waals surface area (Å²) in [6.07, 6.45) is 0.731. The van der Waals surface area contributed by atoms with E-state index in [9.17, 15) is 9.59 Å². The SMILES string of the molecule is Cc1ccc2oc(C(=O)N3CCC4(CN(C)C(=O)CO4)C3)c(C)c2c1. The van der Waals surface area contributed by atoms with Crippen molar-refractivity contribution < 1.29 is 18.7 Å². The molecule has 0 aliphatic carbocycles. The van der Waals surface area contributed by atoms with Crippen LogP contribution in [0.5, 0.6) is 0 Å². The average Bonchev–Trinajstić information content (AvgIpc) is 3.13. The van der Waals surface area contributed by atoms with Crippen LogP contribution in [0.3, 0.4) is 0 Å². The largest absolute Gasteiger partial charge is 0.451 e. The second kappa shape index (κ2) is 5.59. The summed E-state index contributed by atoms with van der Waals surface area (Å²) in [5.41, 5.74) is 2.30. The topological polar surface area (TPSA) is 63.0 Å². The third-order valence-electron chi connectivity index (χ3n) is 5.34. The van der Waals surface area contributed by atoms with Gasteiger partial charge in [-0.3, -0.25) is 9.59 Å². The van der Waals surface area contributed by atoms with E-state index in [0.717, 1.165) is 28.5 Å². The Bertz CT molecular complexity index is 872. The predicted molar refractivity (Wildman–Crippen MR) is 92.5 cm³/mol. The van der Waals surface area contributed by atoms with Gasteiger partial charge in [-0.1, -0.05) is 11.6 Å². The summed E-state index contributed by atoms with van der Waals surface area (Å²) in [5, 5.41) is 0.983. The fourth-order valence-electron chi connectivity index (χ4n) is 3.84. The molecule has 0 bridgehead atoms. The molecular formula is C19H22N2O4. The molecule has 1 spiro atoms. The van der Waals surface area contributed by atoms with Crippen LogP contribution < -0.4 is 0 Å². The van der Waals surface area contributed by atoms with Crippen molar-refractivity contribution in [2.45, 2.75) is 25.9 Å². The third kappa shape index (κ3) is 2.61. The second-order valence-corrected chi connectivity index (χ2v) is 7.25. The van der Waals surface area contributed by atoms with Gasteiger partial charge < -0.3 is 19.0 Å². The van der Waals surface area contributed by atoms with Gasteiger partial charge in [-0.2, -0.15) is 0 Å². The molecule has 2 fully saturated rings. The lowest BCUT2D eigenvalue weighted by Gasteiger charge is -2.38. The quantitative estimate of drug-likeness (QED) is 0.796. The normalized spacial score (nSPS) is 23.9. The number of hydrogen-bond donors (Lipinski definition) is 0. The summed E-state index contributed by atoms with van der Waals surface area (Å²) in [6, 6.07) is 5.93. The molecule has 2 saturated heterocycles. The van der Waals surface area contributed by atoms with Gasteiger partial charge in [-0.25, -0.2) is 0 Å². The Kier molecular flexibility index (Phi) is 3.61. The molecule has 1 unspecified atom stereocenters. The molecule has 0 saturated carbocycles. The van der Waals surface area contributed by atoms with Gasteiger partial charge in [0.1, 0.15) is 17.8 Å². The number of likely N-dealkylation sites (N-methyl/N-ethyl adjacent to an activating group) is 1. The van der Waals surface area contributed by atoms with Crippen molar-refractivity contribution in [1.29, 1.82) is 0 Å². The van der Waals surface area contributed by atoms with Crippen LogP contribution in [-0.4, -0.2) is 60.5 Å². The maximum atomic E-state index is 13.0. The molecule has 3 heterocycles. The Morgan fingerprint density at radius 3 is 2.80 bits per heavy atom. The van der Waals surface area contributed by atoms with Gasteiger partial charge in [-0.05, 0) is 32.4 Å². The minimum absolute atomic E-state index is 0.0149. The standard InChI is InChI=1S/C19H22N2O4/c1-12-4-5-15-14(8-12)13(2)17(25-15)18(23)21-7-6-19(11-21)10-20(3)16(22)9-24-19/h4-5,8H,6-7,9-11H2,1-3H3. The van der Waals surface area contributed by atoms with E-state index < -0.39 is 5.60 Å². The molecule has 1 aromatic heterocycles. The zero-order chi connectivity index (χ0) is 17.8. The molecule has 25 heavy (non-hydrogen) atoms. The molecule has 2 aliphatic rings. The van der Waals surface area contributed by atoms with E-state index >= 15 is 0 Å². The summed E-state index contributed by atoms with van der Waals surface area (Å²) >= 11 is 0. The van der Waals surface area contributed by atoms with Gasteiger partial charge in [0.15, 0.2) is 5.76 Å². The Balaban J connectivity index is 1.58. The van der Waals surface area contributed by atoms with Crippen molar-refractivity contribution in [3.8, 4) is 0 Å². The maximum absolute atomic E-state index is 13.0. The number of aryl methyl sites for hydroxylation is 2. The summed E-state index contributed by atoms with van der Waals surface area (Å²) < 4.78 is 11.7. The van der Waals surface area contributed by atoms with Crippen molar-refractivity contribution in [2.75, 3.05) is 33.3 Å². The molecule has 2 aliphatic heterocycles. The summed E-state index contributed by atoms with van der Waals surface area (Å²) in [6.45, 7) is 5.65. The number of nitrogens with zero attached hydrogens (tertiary/aromatic N) is 2. The maximum Gasteiger partial charge on any atom is 0.289 e. The van der Waals surface area contributed by atoms with Crippen molar-refractivity contribution in [3.63, 3.8) is 0 Å². The van der Waals surface area contributed by atoms with E-state index in [-0.39, 0.29) is 18.4 Å². The lowest BCUT2D eigenvalue weighted by atomic mass is 10.0. The number of morpholine rings is 1. The first-order valence-corrected chi connectivity index (χ1v) is 8.55. The number of likely N-dealkylation sites (tertiary alicyclic amines) is 1. The highest BCUT2D eigenvalue weighted by molar-refractivity contribution is 5.99. The Morgan fingerprint density at radius 2 is 2.04 bits per heavy atom. The zero-order valence-corrected chi connectivity index (χ0v) is 14.8. The highest BCUT2D eigenvalue weighted by Crippen LogP contribution is 2.32. The molecule has 1 atom stereocenters. The van der Waals surface area contributed by atoms with Gasteiger partial charge in [0.2, 0.25) is 5.91 Å². The van der Waals surface area contributed by atoms with Gasteiger partial charge in [0.05, 0.1) is 13.1 Å². The number of amides is 2. The molecular weight excluding hydrogens is 320 g/mol. The molecule has 6 nitrogen and oxygen atoms in total. The molecule has 6 heteroatoms. The number of carbonyl (C=O) groups is 2. The average molecular weight is 342 g/mol. The fourth-order valence-corrected chi connectivity index (χ4v) is 3.84. The number of fused-ring (bicyclic) bond motifs is 1. The molecule has 4 rings (SSSR count). The van der Waals surface area contributed by atoms with E-state index in [1.165, 1.54) is 0 Å². The van der Waals surface area contributed by atoms with Crippen LogP contribution >= 0.6 is 0 Å². The monoisotopic (exact) mass is 342 g/mol. The number of carbonyl (C=O) groups excluding carboxylic acids is 2. The number of benzene rings is 1. The van der Waals surface area contributed by atoms with Crippen LogP contribution in [0, 0.1) is 13.8 Å². The van der Waals surface area contributed by atoms with Crippen LogP contribution in [0.2, 0.25) is 0 Å². The Labute approximate surface area is 146 Å². The van der Waals surface area contributed by atoms with Crippen molar-refractivity contribution in [1.82, 2.24) is 9.80 Å². The molecule has 0 N–H and O–H groups in total. The molecule has 2 aromatic rings. The summed E-state index contributed by atoms with van der Waals surface area (Å²) in [7, 11) is 1.78. The first-order valence-electron chi connectivity index (χ1n) is 8.55. The van der Waals surface area contributed by atoms with E-state index in [4.69, 9.17) is 9.15 Å². The van der Waals surface area contributed by atoms with Crippen LogP contribution in [0.4, 0.5) is 0 Å². The van der Waals surface area contributed by atoms with Gasteiger partial charge in [-0.15, -0.1) is 0 Å². The Hall–Kier alpha value is -2.34. The van der Waals surface area contributed by atoms with Crippen LogP contribution in [-0.2, 0) is 9.53 Å². The highest BCUT2D eigenvalue weighted by atomic mass is 16.5. The van der Waals surface area contributed by atoms with Crippen LogP contribution in [0.15, 0.2) is 22.6 Å². The van der Waals surface area contributed by atoms with Crippen LogP contribution in [0.1, 0.15) is 28.1 Å². The smallest absolute Gasteiger partial charge is 0.289 e. The molecule has 132 valence electrons. The zero-order valence-electron chi connectivity index (χ0n) is 14.8. The predicted octanol–water partition coefficient (Wildman–Crippen LogP) is 2.12. The van der Waals surface area contributed by atoms with E-state index in [0.29, 0.717) is 25.4 Å². The van der Waals surface area contributed by atoms with Crippen molar-refractivity contribution >= 4 is 22.8 Å². The van der Waals surface area contributed by atoms with Gasteiger partial charge >= 0.3 is 0 Å². The van der Waals surface area contributed by atoms with Gasteiger partial charge in [0.25, 0.3) is 5.91 Å². The first-order chi connectivity index (χ1) is 11.9. The third-order valence-corrected chi connectivity index (χ3v) is 5.34. The number of rotatable bonds is 1. The minimum Gasteiger partial charge on any atom is -0.451 e. The van der Waals surface area contributed by atoms with Crippen LogP contribution in [0.25, 0.3) is 11.0 Å². The minimum atomic E-state index is -0.450. The lowest BCUT2D eigenvalue weighted by Crippen LogP contribution is -2.54. The lowest BCUT2D eigenvalue weighted by molar-refractivity contribution is -0.158. The Morgan fingerprint density at radius 1 is 1.24 bits per heavy atom. The first kappa shape index (κ1) is 16.1. The molecule has 2 amide bonds. The number of hydrogen-bond acceptors (Lipinski definition) is 4. The number of ether oxygens (including phenoxy) is 1. The summed E-state index contributed by atoms with van der Waals surface area (Å²) in [4.78, 5) is 28.1. The number of furan rings is 1. The van der Waals surface area contributed by atoms with E-state index in [2.05, 4.69) is 0 Å².